The van der Waals surface area contributed by atoms with Crippen molar-refractivity contribution < 1.29 is 9.13 Å². The summed E-state index contributed by atoms with van der Waals surface area (Å²) in [6.45, 7) is 6.75. The summed E-state index contributed by atoms with van der Waals surface area (Å²) >= 11 is 0. The van der Waals surface area contributed by atoms with Crippen molar-refractivity contribution in [3.63, 3.8) is 0 Å². The molecule has 1 aromatic carbocycles. The number of benzene rings is 1. The van der Waals surface area contributed by atoms with Crippen LogP contribution in [0.5, 0.6) is 5.75 Å². The Morgan fingerprint density at radius 3 is 2.71 bits per heavy atom. The molecule has 0 amide bonds. The third kappa shape index (κ3) is 4.49. The van der Waals surface area contributed by atoms with Gasteiger partial charge >= 0.3 is 0 Å². The van der Waals surface area contributed by atoms with Crippen molar-refractivity contribution in [3.8, 4) is 5.75 Å². The molecule has 0 spiro atoms. The number of ether oxygens (including phenoxy) is 1. The Morgan fingerprint density at radius 2 is 2.10 bits per heavy atom. The van der Waals surface area contributed by atoms with Crippen LogP contribution in [-0.2, 0) is 20.2 Å². The van der Waals surface area contributed by atoms with Gasteiger partial charge in [-0.05, 0) is 32.1 Å². The zero-order chi connectivity index (χ0) is 15.5. The number of nitrogens with zero attached hydrogens (tertiary/aromatic N) is 4. The van der Waals surface area contributed by atoms with Crippen LogP contribution in [0.15, 0.2) is 18.2 Å². The Bertz CT molecular complexity index is 606. The van der Waals surface area contributed by atoms with Gasteiger partial charge in [0, 0.05) is 17.6 Å². The minimum absolute atomic E-state index is 0.0595. The molecule has 0 unspecified atom stereocenters. The summed E-state index contributed by atoms with van der Waals surface area (Å²) in [7, 11) is 1.66. The number of hydrogen-bond donors (Lipinski definition) is 1. The number of para-hydroxylation sites is 1. The second kappa shape index (κ2) is 6.17. The summed E-state index contributed by atoms with van der Waals surface area (Å²) in [6, 6.07) is 4.88. The maximum absolute atomic E-state index is 14.0. The average molecular weight is 293 g/mol. The first-order chi connectivity index (χ1) is 9.85. The minimum Gasteiger partial charge on any atom is -0.482 e. The van der Waals surface area contributed by atoms with Crippen LogP contribution in [-0.4, -0.2) is 25.7 Å². The Hall–Kier alpha value is -2.02. The summed E-state index contributed by atoms with van der Waals surface area (Å²) in [5, 5.41) is 14.8. The monoisotopic (exact) mass is 293 g/mol. The second-order valence-electron chi connectivity index (χ2n) is 5.82. The van der Waals surface area contributed by atoms with Gasteiger partial charge in [0.1, 0.15) is 0 Å². The predicted octanol–water partition coefficient (Wildman–Crippen LogP) is 1.82. The summed E-state index contributed by atoms with van der Waals surface area (Å²) in [5.74, 6) is 0.240. The molecule has 1 heterocycles. The average Bonchev–Trinajstić information content (AvgIpc) is 2.80. The quantitative estimate of drug-likeness (QED) is 0.911. The van der Waals surface area contributed by atoms with Crippen molar-refractivity contribution >= 4 is 0 Å². The molecule has 0 aliphatic heterocycles. The van der Waals surface area contributed by atoms with Crippen molar-refractivity contribution in [1.29, 1.82) is 0 Å². The van der Waals surface area contributed by atoms with E-state index in [1.807, 2.05) is 6.07 Å². The van der Waals surface area contributed by atoms with E-state index in [0.717, 1.165) is 5.56 Å². The van der Waals surface area contributed by atoms with Gasteiger partial charge in [0.05, 0.1) is 7.05 Å². The van der Waals surface area contributed by atoms with Gasteiger partial charge in [0.2, 0.25) is 5.82 Å². The van der Waals surface area contributed by atoms with Crippen LogP contribution in [0.3, 0.4) is 0 Å². The Kier molecular flexibility index (Phi) is 4.52. The molecule has 1 N–H and O–H groups in total. The van der Waals surface area contributed by atoms with Crippen molar-refractivity contribution in [2.24, 2.45) is 7.05 Å². The molecule has 0 aliphatic rings. The molecule has 0 bridgehead atoms. The third-order valence-corrected chi connectivity index (χ3v) is 2.75. The van der Waals surface area contributed by atoms with E-state index in [1.54, 1.807) is 13.1 Å². The zero-order valence-corrected chi connectivity index (χ0v) is 12.7. The summed E-state index contributed by atoms with van der Waals surface area (Å²) in [4.78, 5) is 1.34. The van der Waals surface area contributed by atoms with Gasteiger partial charge in [-0.1, -0.05) is 12.1 Å². The molecule has 7 heteroatoms. The first-order valence-corrected chi connectivity index (χ1v) is 6.73. The van der Waals surface area contributed by atoms with E-state index < -0.39 is 5.82 Å². The van der Waals surface area contributed by atoms with Gasteiger partial charge in [-0.15, -0.1) is 10.2 Å². The van der Waals surface area contributed by atoms with Crippen molar-refractivity contribution in [2.75, 3.05) is 0 Å². The maximum Gasteiger partial charge on any atom is 0.212 e. The third-order valence-electron chi connectivity index (χ3n) is 2.75. The topological polar surface area (TPSA) is 64.9 Å². The van der Waals surface area contributed by atoms with Gasteiger partial charge in [-0.25, -0.2) is 4.39 Å². The normalized spacial score (nSPS) is 11.7. The van der Waals surface area contributed by atoms with Gasteiger partial charge in [0.25, 0.3) is 0 Å². The fraction of sp³-hybridized carbons (Fsp3) is 0.500. The van der Waals surface area contributed by atoms with Crippen LogP contribution in [0.25, 0.3) is 0 Å². The molecular weight excluding hydrogens is 273 g/mol. The minimum atomic E-state index is -0.396. The first-order valence-electron chi connectivity index (χ1n) is 6.73. The van der Waals surface area contributed by atoms with Gasteiger partial charge in [-0.3, -0.25) is 0 Å². The largest absolute Gasteiger partial charge is 0.482 e. The molecule has 0 fully saturated rings. The lowest BCUT2D eigenvalue weighted by Crippen LogP contribution is -2.35. The van der Waals surface area contributed by atoms with E-state index >= 15 is 0 Å². The van der Waals surface area contributed by atoms with Crippen molar-refractivity contribution in [1.82, 2.24) is 25.5 Å². The molecule has 0 aliphatic carbocycles. The number of aromatic nitrogens is 4. The highest BCUT2D eigenvalue weighted by Crippen LogP contribution is 2.24. The molecule has 6 nitrogen and oxygen atoms in total. The first kappa shape index (κ1) is 15.4. The lowest BCUT2D eigenvalue weighted by Gasteiger charge is -2.21. The van der Waals surface area contributed by atoms with Crippen LogP contribution < -0.4 is 10.1 Å². The van der Waals surface area contributed by atoms with E-state index in [1.165, 1.54) is 10.9 Å². The van der Waals surface area contributed by atoms with Crippen molar-refractivity contribution in [3.05, 3.63) is 35.4 Å². The van der Waals surface area contributed by atoms with Crippen LogP contribution in [0, 0.1) is 5.82 Å². The lowest BCUT2D eigenvalue weighted by atomic mass is 10.1. The Labute approximate surface area is 123 Å². The highest BCUT2D eigenvalue weighted by Gasteiger charge is 2.14. The summed E-state index contributed by atoms with van der Waals surface area (Å²) in [5.41, 5.74) is 0.699. The standard InChI is InChI=1S/C14H20FN5O/c1-14(2,3)16-8-10-6-5-7-11(15)13(10)21-9-12-17-19-20(4)18-12/h5-7,16H,8-9H2,1-4H3. The van der Waals surface area contributed by atoms with E-state index in [-0.39, 0.29) is 17.9 Å². The fourth-order valence-corrected chi connectivity index (χ4v) is 1.73. The maximum atomic E-state index is 14.0. The lowest BCUT2D eigenvalue weighted by molar-refractivity contribution is 0.275. The van der Waals surface area contributed by atoms with E-state index in [4.69, 9.17) is 4.74 Å². The van der Waals surface area contributed by atoms with Gasteiger partial charge < -0.3 is 10.1 Å². The molecule has 2 aromatic rings. The van der Waals surface area contributed by atoms with E-state index in [9.17, 15) is 4.39 Å². The van der Waals surface area contributed by atoms with E-state index in [2.05, 4.69) is 41.5 Å². The molecule has 0 radical (unpaired) electrons. The van der Waals surface area contributed by atoms with Crippen molar-refractivity contribution in [2.45, 2.75) is 39.5 Å². The number of nitrogens with one attached hydrogen (secondary N) is 1. The van der Waals surface area contributed by atoms with Crippen LogP contribution in [0.1, 0.15) is 32.2 Å². The highest BCUT2D eigenvalue weighted by molar-refractivity contribution is 5.35. The van der Waals surface area contributed by atoms with Gasteiger partial charge in [-0.2, -0.15) is 4.80 Å². The Balaban J connectivity index is 2.10. The number of rotatable bonds is 5. The van der Waals surface area contributed by atoms with Crippen LogP contribution in [0.4, 0.5) is 4.39 Å². The molecular formula is C14H20FN5O. The Morgan fingerprint density at radius 1 is 1.33 bits per heavy atom. The number of halogens is 1. The highest BCUT2D eigenvalue weighted by atomic mass is 19.1. The molecule has 21 heavy (non-hydrogen) atoms. The number of aryl methyl sites for hydroxylation is 1. The molecule has 114 valence electrons. The van der Waals surface area contributed by atoms with Crippen LogP contribution >= 0.6 is 0 Å². The smallest absolute Gasteiger partial charge is 0.212 e. The predicted molar refractivity (Wildman–Crippen MR) is 76.1 cm³/mol. The van der Waals surface area contributed by atoms with E-state index in [0.29, 0.717) is 12.4 Å². The van der Waals surface area contributed by atoms with Crippen LogP contribution in [0.2, 0.25) is 0 Å². The molecule has 0 atom stereocenters. The molecule has 2 rings (SSSR count). The molecule has 0 saturated carbocycles. The van der Waals surface area contributed by atoms with Gasteiger partial charge in [0.15, 0.2) is 18.2 Å². The number of tetrazole rings is 1. The fourth-order valence-electron chi connectivity index (χ4n) is 1.73. The zero-order valence-electron chi connectivity index (χ0n) is 12.7. The SMILES string of the molecule is Cn1nnc(COc2c(F)cccc2CNC(C)(C)C)n1. The molecule has 0 saturated heterocycles. The second-order valence-corrected chi connectivity index (χ2v) is 5.82. The molecule has 1 aromatic heterocycles. The summed E-state index contributed by atoms with van der Waals surface area (Å²) in [6.07, 6.45) is 0. The number of hydrogen-bond acceptors (Lipinski definition) is 5. The summed E-state index contributed by atoms with van der Waals surface area (Å²) < 4.78 is 19.5.